The first-order chi connectivity index (χ1) is 8.50. The lowest BCUT2D eigenvalue weighted by Crippen LogP contribution is -2.22. The van der Waals surface area contributed by atoms with Crippen LogP contribution in [0.15, 0.2) is 44.4 Å². The number of benzene rings is 1. The number of para-hydroxylation sites is 1. The van der Waals surface area contributed by atoms with Crippen molar-refractivity contribution in [3.05, 3.63) is 45.7 Å². The zero-order valence-electron chi connectivity index (χ0n) is 9.13. The van der Waals surface area contributed by atoms with Gasteiger partial charge in [-0.15, -0.1) is 11.3 Å². The first kappa shape index (κ1) is 13.5. The van der Waals surface area contributed by atoms with Gasteiger partial charge in [-0.2, -0.15) is 0 Å². The van der Waals surface area contributed by atoms with Gasteiger partial charge in [0.15, 0.2) is 0 Å². The third-order valence-electron chi connectivity index (χ3n) is 2.27. The predicted molar refractivity (Wildman–Crippen MR) is 74.2 cm³/mol. The summed E-state index contributed by atoms with van der Waals surface area (Å²) in [5, 5.41) is 11.2. The Labute approximate surface area is 117 Å². The molecule has 2 N–H and O–H groups in total. The highest BCUT2D eigenvalue weighted by molar-refractivity contribution is 9.10. The first-order valence-electron chi connectivity index (χ1n) is 5.00. The summed E-state index contributed by atoms with van der Waals surface area (Å²) in [5.41, 5.74) is 0.536. The third-order valence-corrected chi connectivity index (χ3v) is 6.34. The van der Waals surface area contributed by atoms with Gasteiger partial charge in [0.25, 0.3) is 10.0 Å². The Bertz CT molecular complexity index is 652. The lowest BCUT2D eigenvalue weighted by molar-refractivity contribution is 0.467. The third kappa shape index (κ3) is 2.92. The molecule has 2 rings (SSSR count). The van der Waals surface area contributed by atoms with Crippen LogP contribution in [-0.4, -0.2) is 13.5 Å². The van der Waals surface area contributed by atoms with Gasteiger partial charge in [-0.05, 0) is 33.4 Å². The smallest absolute Gasteiger partial charge is 0.251 e. The van der Waals surface area contributed by atoms with E-state index in [1.54, 1.807) is 29.6 Å². The SMILES string of the molecule is O=S(=O)(NCc1ccccc1O)c1sccc1Br. The molecule has 0 bridgehead atoms. The van der Waals surface area contributed by atoms with Gasteiger partial charge in [-0.1, -0.05) is 18.2 Å². The maximum Gasteiger partial charge on any atom is 0.251 e. The van der Waals surface area contributed by atoms with E-state index in [0.717, 1.165) is 11.3 Å². The minimum Gasteiger partial charge on any atom is -0.508 e. The molecule has 1 aromatic carbocycles. The predicted octanol–water partition coefficient (Wildman–Crippen LogP) is 2.69. The van der Waals surface area contributed by atoms with Crippen molar-refractivity contribution in [2.75, 3.05) is 0 Å². The Morgan fingerprint density at radius 1 is 1.28 bits per heavy atom. The number of aromatic hydroxyl groups is 1. The highest BCUT2D eigenvalue weighted by Gasteiger charge is 2.19. The van der Waals surface area contributed by atoms with Gasteiger partial charge in [-0.25, -0.2) is 13.1 Å². The Morgan fingerprint density at radius 2 is 2.00 bits per heavy atom. The second-order valence-electron chi connectivity index (χ2n) is 3.51. The van der Waals surface area contributed by atoms with Crippen molar-refractivity contribution >= 4 is 37.3 Å². The average Bonchev–Trinajstić information content (AvgIpc) is 2.75. The number of phenolic OH excluding ortho intramolecular Hbond substituents is 1. The molecular formula is C11H10BrNO3S2. The number of nitrogens with one attached hydrogen (secondary N) is 1. The Kier molecular flexibility index (Phi) is 4.06. The summed E-state index contributed by atoms with van der Waals surface area (Å²) in [6.45, 7) is 0.0549. The van der Waals surface area contributed by atoms with Crippen LogP contribution in [0.1, 0.15) is 5.56 Å². The molecule has 1 heterocycles. The quantitative estimate of drug-likeness (QED) is 0.893. The summed E-state index contributed by atoms with van der Waals surface area (Å²) in [7, 11) is -3.55. The van der Waals surface area contributed by atoms with E-state index < -0.39 is 10.0 Å². The maximum atomic E-state index is 12.0. The molecular weight excluding hydrogens is 338 g/mol. The lowest BCUT2D eigenvalue weighted by Gasteiger charge is -2.07. The maximum absolute atomic E-state index is 12.0. The number of rotatable bonds is 4. The number of thiophene rings is 1. The van der Waals surface area contributed by atoms with E-state index in [1.807, 2.05) is 0 Å². The summed E-state index contributed by atoms with van der Waals surface area (Å²) >= 11 is 4.32. The van der Waals surface area contributed by atoms with Crippen molar-refractivity contribution < 1.29 is 13.5 Å². The van der Waals surface area contributed by atoms with Crippen molar-refractivity contribution in [1.82, 2.24) is 4.72 Å². The number of phenols is 1. The molecule has 0 saturated carbocycles. The van der Waals surface area contributed by atoms with E-state index in [2.05, 4.69) is 20.7 Å². The van der Waals surface area contributed by atoms with Crippen molar-refractivity contribution in [2.24, 2.45) is 0 Å². The van der Waals surface area contributed by atoms with Crippen LogP contribution in [-0.2, 0) is 16.6 Å². The number of sulfonamides is 1. The molecule has 0 fully saturated rings. The van der Waals surface area contributed by atoms with Gasteiger partial charge in [0.2, 0.25) is 0 Å². The van der Waals surface area contributed by atoms with Gasteiger partial charge < -0.3 is 5.11 Å². The highest BCUT2D eigenvalue weighted by Crippen LogP contribution is 2.27. The fraction of sp³-hybridized carbons (Fsp3) is 0.0909. The van der Waals surface area contributed by atoms with Gasteiger partial charge in [-0.3, -0.25) is 0 Å². The van der Waals surface area contributed by atoms with E-state index in [1.165, 1.54) is 6.07 Å². The molecule has 0 spiro atoms. The number of hydrogen-bond donors (Lipinski definition) is 2. The summed E-state index contributed by atoms with van der Waals surface area (Å²) < 4.78 is 27.2. The highest BCUT2D eigenvalue weighted by atomic mass is 79.9. The van der Waals surface area contributed by atoms with Crippen LogP contribution in [0.2, 0.25) is 0 Å². The van der Waals surface area contributed by atoms with Crippen molar-refractivity contribution in [1.29, 1.82) is 0 Å². The van der Waals surface area contributed by atoms with Crippen LogP contribution in [0.25, 0.3) is 0 Å². The van der Waals surface area contributed by atoms with Crippen molar-refractivity contribution in [2.45, 2.75) is 10.8 Å². The van der Waals surface area contributed by atoms with Gasteiger partial charge in [0.1, 0.15) is 9.96 Å². The standard InChI is InChI=1S/C11H10BrNO3S2/c12-9-5-6-17-11(9)18(15,16)13-7-8-3-1-2-4-10(8)14/h1-6,13-14H,7H2. The minimum atomic E-state index is -3.55. The van der Waals surface area contributed by atoms with E-state index in [-0.39, 0.29) is 16.5 Å². The molecule has 1 aromatic heterocycles. The molecule has 18 heavy (non-hydrogen) atoms. The van der Waals surface area contributed by atoms with Gasteiger partial charge in [0.05, 0.1) is 0 Å². The molecule has 2 aromatic rings. The Hall–Kier alpha value is -0.890. The topological polar surface area (TPSA) is 66.4 Å². The molecule has 0 unspecified atom stereocenters. The number of hydrogen-bond acceptors (Lipinski definition) is 4. The molecule has 0 radical (unpaired) electrons. The van der Waals surface area contributed by atoms with Crippen LogP contribution < -0.4 is 4.72 Å². The summed E-state index contributed by atoms with van der Waals surface area (Å²) in [4.78, 5) is 0. The molecule has 0 saturated heterocycles. The van der Waals surface area contributed by atoms with Crippen LogP contribution in [0.5, 0.6) is 5.75 Å². The Balaban J connectivity index is 2.16. The van der Waals surface area contributed by atoms with E-state index >= 15 is 0 Å². The normalized spacial score (nSPS) is 11.6. The molecule has 0 aliphatic rings. The molecule has 0 aliphatic heterocycles. The lowest BCUT2D eigenvalue weighted by atomic mass is 10.2. The van der Waals surface area contributed by atoms with E-state index in [4.69, 9.17) is 0 Å². The minimum absolute atomic E-state index is 0.0549. The molecule has 96 valence electrons. The number of halogens is 1. The van der Waals surface area contributed by atoms with E-state index in [9.17, 15) is 13.5 Å². The second kappa shape index (κ2) is 5.40. The van der Waals surface area contributed by atoms with Crippen LogP contribution in [0, 0.1) is 0 Å². The molecule has 0 aliphatic carbocycles. The van der Waals surface area contributed by atoms with Crippen LogP contribution in [0.4, 0.5) is 0 Å². The molecule has 4 nitrogen and oxygen atoms in total. The first-order valence-corrected chi connectivity index (χ1v) is 8.16. The molecule has 0 amide bonds. The molecule has 0 atom stereocenters. The van der Waals surface area contributed by atoms with E-state index in [0.29, 0.717) is 10.0 Å². The zero-order chi connectivity index (χ0) is 13.2. The summed E-state index contributed by atoms with van der Waals surface area (Å²) in [5.74, 6) is 0.0745. The van der Waals surface area contributed by atoms with Crippen LogP contribution in [0.3, 0.4) is 0 Å². The summed E-state index contributed by atoms with van der Waals surface area (Å²) in [6, 6.07) is 8.29. The van der Waals surface area contributed by atoms with Crippen molar-refractivity contribution in [3.8, 4) is 5.75 Å². The van der Waals surface area contributed by atoms with Gasteiger partial charge >= 0.3 is 0 Å². The fourth-order valence-corrected chi connectivity index (χ4v) is 4.76. The monoisotopic (exact) mass is 347 g/mol. The average molecular weight is 348 g/mol. The fourth-order valence-electron chi connectivity index (χ4n) is 1.37. The summed E-state index contributed by atoms with van der Waals surface area (Å²) in [6.07, 6.45) is 0. The Morgan fingerprint density at radius 3 is 2.61 bits per heavy atom. The molecule has 7 heteroatoms. The second-order valence-corrected chi connectivity index (χ2v) is 7.24. The van der Waals surface area contributed by atoms with Gasteiger partial charge in [0, 0.05) is 16.6 Å². The largest absolute Gasteiger partial charge is 0.508 e. The zero-order valence-corrected chi connectivity index (χ0v) is 12.3. The van der Waals surface area contributed by atoms with Crippen LogP contribution >= 0.6 is 27.3 Å². The van der Waals surface area contributed by atoms with Crippen molar-refractivity contribution in [3.63, 3.8) is 0 Å².